The summed E-state index contributed by atoms with van der Waals surface area (Å²) in [6.07, 6.45) is 1.80. The molecule has 4 aromatic rings. The normalized spacial score (nSPS) is 17.7. The number of furan rings is 1. The molecule has 1 aromatic heterocycles. The SMILES string of the molecule is COC(=O)C1CN(C2CCc3c2cc2cc(-c4cccc(-c5ccccc5)c4C)oc2c3C#N)C1. The lowest BCUT2D eigenvalue weighted by Crippen LogP contribution is -2.51. The fraction of sp³-hybridized carbons (Fsp3) is 0.267. The summed E-state index contributed by atoms with van der Waals surface area (Å²) in [5, 5.41) is 11.0. The van der Waals surface area contributed by atoms with Crippen molar-refractivity contribution in [2.75, 3.05) is 20.2 Å². The van der Waals surface area contributed by atoms with Crippen LogP contribution >= 0.6 is 0 Å². The van der Waals surface area contributed by atoms with Gasteiger partial charge in [-0.1, -0.05) is 48.5 Å². The molecule has 0 amide bonds. The molecule has 1 atom stereocenters. The monoisotopic (exact) mass is 462 g/mol. The van der Waals surface area contributed by atoms with Crippen molar-refractivity contribution in [3.63, 3.8) is 0 Å². The maximum absolute atomic E-state index is 11.9. The van der Waals surface area contributed by atoms with Gasteiger partial charge in [-0.25, -0.2) is 0 Å². The summed E-state index contributed by atoms with van der Waals surface area (Å²) < 4.78 is 11.3. The molecule has 1 saturated heterocycles. The molecule has 2 aliphatic rings. The number of carbonyl (C=O) groups is 1. The molecule has 0 saturated carbocycles. The Bertz CT molecular complexity index is 1490. The van der Waals surface area contributed by atoms with Gasteiger partial charge in [0.2, 0.25) is 0 Å². The Hall–Kier alpha value is -3.88. The van der Waals surface area contributed by atoms with Gasteiger partial charge in [-0.05, 0) is 59.7 Å². The zero-order chi connectivity index (χ0) is 24.1. The van der Waals surface area contributed by atoms with Gasteiger partial charge < -0.3 is 9.15 Å². The fourth-order valence-corrected chi connectivity index (χ4v) is 5.79. The first-order valence-electron chi connectivity index (χ1n) is 12.1. The van der Waals surface area contributed by atoms with Crippen LogP contribution in [0.1, 0.15) is 34.7 Å². The Morgan fingerprint density at radius 2 is 1.86 bits per heavy atom. The molecular formula is C30H26N2O3. The first kappa shape index (κ1) is 21.6. The number of esters is 1. The third-order valence-corrected chi connectivity index (χ3v) is 7.66. The Kier molecular flexibility index (Phi) is 5.20. The summed E-state index contributed by atoms with van der Waals surface area (Å²) in [4.78, 5) is 14.2. The van der Waals surface area contributed by atoms with Gasteiger partial charge in [-0.15, -0.1) is 0 Å². The Balaban J connectivity index is 1.39. The standard InChI is InChI=1S/C30H26N2O3/c1-18-22(19-7-4-3-5-8-19)9-6-10-23(18)28-14-20-13-25-24(26(15-31)29(20)35-28)11-12-27(25)32-16-21(17-32)30(33)34-2/h3-10,13-14,21,27H,11-12,16-17H2,1-2H3. The van der Waals surface area contributed by atoms with E-state index in [4.69, 9.17) is 9.15 Å². The zero-order valence-corrected chi connectivity index (χ0v) is 19.9. The summed E-state index contributed by atoms with van der Waals surface area (Å²) >= 11 is 0. The molecule has 0 spiro atoms. The van der Waals surface area contributed by atoms with Gasteiger partial charge in [0.1, 0.15) is 11.8 Å². The molecule has 1 fully saturated rings. The lowest BCUT2D eigenvalue weighted by atomic mass is 9.93. The van der Waals surface area contributed by atoms with Crippen LogP contribution in [0.15, 0.2) is 65.1 Å². The van der Waals surface area contributed by atoms with E-state index in [0.717, 1.165) is 40.7 Å². The molecule has 3 aromatic carbocycles. The van der Waals surface area contributed by atoms with Crippen molar-refractivity contribution < 1.29 is 13.9 Å². The smallest absolute Gasteiger partial charge is 0.311 e. The quantitative estimate of drug-likeness (QED) is 0.346. The largest absolute Gasteiger partial charge is 0.469 e. The van der Waals surface area contributed by atoms with E-state index >= 15 is 0 Å². The number of fused-ring (bicyclic) bond motifs is 2. The second-order valence-electron chi connectivity index (χ2n) is 9.53. The van der Waals surface area contributed by atoms with Crippen LogP contribution in [0, 0.1) is 24.2 Å². The van der Waals surface area contributed by atoms with Crippen molar-refractivity contribution in [1.82, 2.24) is 4.90 Å². The highest BCUT2D eigenvalue weighted by atomic mass is 16.5. The summed E-state index contributed by atoms with van der Waals surface area (Å²) in [6, 6.07) is 23.5. The lowest BCUT2D eigenvalue weighted by molar-refractivity contribution is -0.152. The Morgan fingerprint density at radius 1 is 1.09 bits per heavy atom. The highest BCUT2D eigenvalue weighted by molar-refractivity contribution is 5.91. The molecule has 5 heteroatoms. The molecule has 35 heavy (non-hydrogen) atoms. The predicted molar refractivity (Wildman–Crippen MR) is 135 cm³/mol. The second kappa shape index (κ2) is 8.41. The van der Waals surface area contributed by atoms with Crippen molar-refractivity contribution in [3.8, 4) is 28.5 Å². The van der Waals surface area contributed by atoms with Crippen LogP contribution in [-0.4, -0.2) is 31.1 Å². The van der Waals surface area contributed by atoms with E-state index in [-0.39, 0.29) is 17.9 Å². The van der Waals surface area contributed by atoms with Crippen LogP contribution < -0.4 is 0 Å². The number of nitrogens with zero attached hydrogens (tertiary/aromatic N) is 2. The number of methoxy groups -OCH3 is 1. The Morgan fingerprint density at radius 3 is 2.60 bits per heavy atom. The van der Waals surface area contributed by atoms with Crippen LogP contribution in [0.2, 0.25) is 0 Å². The average Bonchev–Trinajstić information content (AvgIpc) is 3.46. The minimum atomic E-state index is -0.139. The summed E-state index contributed by atoms with van der Waals surface area (Å²) in [6.45, 7) is 3.53. The van der Waals surface area contributed by atoms with E-state index in [1.807, 2.05) is 18.2 Å². The number of ether oxygens (including phenoxy) is 1. The maximum Gasteiger partial charge on any atom is 0.311 e. The summed E-state index contributed by atoms with van der Waals surface area (Å²) in [5.41, 5.74) is 8.12. The van der Waals surface area contributed by atoms with Crippen LogP contribution in [0.4, 0.5) is 0 Å². The van der Waals surface area contributed by atoms with E-state index < -0.39 is 0 Å². The van der Waals surface area contributed by atoms with E-state index in [1.165, 1.54) is 23.8 Å². The van der Waals surface area contributed by atoms with Crippen molar-refractivity contribution >= 4 is 16.9 Å². The predicted octanol–water partition coefficient (Wildman–Crippen LogP) is 6.04. The number of rotatable bonds is 4. The van der Waals surface area contributed by atoms with Gasteiger partial charge >= 0.3 is 5.97 Å². The minimum absolute atomic E-state index is 0.0522. The maximum atomic E-state index is 11.9. The molecule has 1 aliphatic carbocycles. The highest BCUT2D eigenvalue weighted by Crippen LogP contribution is 2.45. The molecule has 1 aliphatic heterocycles. The van der Waals surface area contributed by atoms with E-state index in [9.17, 15) is 10.1 Å². The lowest BCUT2D eigenvalue weighted by Gasteiger charge is -2.42. The molecular weight excluding hydrogens is 436 g/mol. The van der Waals surface area contributed by atoms with Crippen LogP contribution in [0.5, 0.6) is 0 Å². The van der Waals surface area contributed by atoms with Gasteiger partial charge in [0.25, 0.3) is 0 Å². The molecule has 6 rings (SSSR count). The molecule has 0 N–H and O–H groups in total. The third kappa shape index (κ3) is 3.45. The van der Waals surface area contributed by atoms with Gasteiger partial charge in [0.15, 0.2) is 5.58 Å². The number of carbonyl (C=O) groups excluding carboxylic acids is 1. The van der Waals surface area contributed by atoms with Gasteiger partial charge in [-0.3, -0.25) is 9.69 Å². The van der Waals surface area contributed by atoms with Crippen LogP contribution in [-0.2, 0) is 16.0 Å². The first-order valence-corrected chi connectivity index (χ1v) is 12.1. The summed E-state index contributed by atoms with van der Waals surface area (Å²) in [5.74, 6) is 0.588. The van der Waals surface area contributed by atoms with E-state index in [2.05, 4.69) is 60.4 Å². The fourth-order valence-electron chi connectivity index (χ4n) is 5.79. The first-order chi connectivity index (χ1) is 17.1. The van der Waals surface area contributed by atoms with Crippen LogP contribution in [0.3, 0.4) is 0 Å². The molecule has 0 radical (unpaired) electrons. The molecule has 2 heterocycles. The van der Waals surface area contributed by atoms with Crippen molar-refractivity contribution in [1.29, 1.82) is 5.26 Å². The van der Waals surface area contributed by atoms with Gasteiger partial charge in [0.05, 0.1) is 18.6 Å². The molecule has 0 bridgehead atoms. The highest BCUT2D eigenvalue weighted by Gasteiger charge is 2.41. The van der Waals surface area contributed by atoms with E-state index in [1.54, 1.807) is 0 Å². The number of nitriles is 1. The van der Waals surface area contributed by atoms with Crippen molar-refractivity contribution in [3.05, 3.63) is 82.9 Å². The second-order valence-corrected chi connectivity index (χ2v) is 9.53. The minimum Gasteiger partial charge on any atom is -0.469 e. The van der Waals surface area contributed by atoms with Crippen molar-refractivity contribution in [2.45, 2.75) is 25.8 Å². The number of hydrogen-bond donors (Lipinski definition) is 0. The van der Waals surface area contributed by atoms with Gasteiger partial charge in [-0.2, -0.15) is 5.26 Å². The number of hydrogen-bond acceptors (Lipinski definition) is 5. The number of benzene rings is 3. The van der Waals surface area contributed by atoms with Crippen LogP contribution in [0.25, 0.3) is 33.4 Å². The summed E-state index contributed by atoms with van der Waals surface area (Å²) in [7, 11) is 1.44. The van der Waals surface area contributed by atoms with Crippen molar-refractivity contribution in [2.24, 2.45) is 5.92 Å². The van der Waals surface area contributed by atoms with Gasteiger partial charge in [0, 0.05) is 30.1 Å². The topological polar surface area (TPSA) is 66.5 Å². The Labute approximate surface area is 204 Å². The molecule has 1 unspecified atom stereocenters. The molecule has 174 valence electrons. The molecule has 5 nitrogen and oxygen atoms in total. The van der Waals surface area contributed by atoms with E-state index in [0.29, 0.717) is 24.2 Å². The third-order valence-electron chi connectivity index (χ3n) is 7.66. The average molecular weight is 463 g/mol. The number of likely N-dealkylation sites (tertiary alicyclic amines) is 1. The zero-order valence-electron chi connectivity index (χ0n) is 19.9.